The largest absolute Gasteiger partial charge is 0.478 e. The molecule has 0 fully saturated rings. The second-order valence-electron chi connectivity index (χ2n) is 3.51. The molecule has 6 heteroatoms. The van der Waals surface area contributed by atoms with Crippen LogP contribution in [0.25, 0.3) is 0 Å². The average Bonchev–Trinajstić information content (AvgIpc) is 2.28. The molecule has 0 amide bonds. The van der Waals surface area contributed by atoms with Gasteiger partial charge in [-0.3, -0.25) is 0 Å². The van der Waals surface area contributed by atoms with Gasteiger partial charge in [-0.15, -0.1) is 0 Å². The number of halogens is 3. The molecular weight excluding hydrogens is 249 g/mol. The third-order valence-corrected chi connectivity index (χ3v) is 2.11. The minimum atomic E-state index is -4.52. The lowest BCUT2D eigenvalue weighted by molar-refractivity contribution is -0.152. The van der Waals surface area contributed by atoms with E-state index in [9.17, 15) is 18.0 Å². The highest BCUT2D eigenvalue weighted by molar-refractivity contribution is 5.74. The van der Waals surface area contributed by atoms with E-state index in [1.54, 1.807) is 6.92 Å². The van der Waals surface area contributed by atoms with Crippen molar-refractivity contribution in [2.75, 3.05) is 6.61 Å². The highest BCUT2D eigenvalue weighted by Crippen LogP contribution is 2.36. The molecule has 1 aromatic carbocycles. The van der Waals surface area contributed by atoms with Crippen LogP contribution in [0.5, 0.6) is 5.75 Å². The third-order valence-electron chi connectivity index (χ3n) is 2.11. The Kier molecular flexibility index (Phi) is 4.58. The van der Waals surface area contributed by atoms with Crippen LogP contribution in [0.2, 0.25) is 0 Å². The normalized spacial score (nSPS) is 12.9. The van der Waals surface area contributed by atoms with E-state index in [-0.39, 0.29) is 12.4 Å². The summed E-state index contributed by atoms with van der Waals surface area (Å²) in [5, 5.41) is 0. The number of hydrogen-bond acceptors (Lipinski definition) is 3. The summed E-state index contributed by atoms with van der Waals surface area (Å²) in [6.45, 7) is 3.09. The first-order valence-electron chi connectivity index (χ1n) is 5.35. The number of benzene rings is 1. The summed E-state index contributed by atoms with van der Waals surface area (Å²) in [5.41, 5.74) is -0.916. The van der Waals surface area contributed by atoms with Gasteiger partial charge in [-0.05, 0) is 26.0 Å². The Morgan fingerprint density at radius 3 is 2.50 bits per heavy atom. The van der Waals surface area contributed by atoms with Gasteiger partial charge in [0.1, 0.15) is 5.75 Å². The summed E-state index contributed by atoms with van der Waals surface area (Å²) in [6, 6.07) is 4.72. The first kappa shape index (κ1) is 14.3. The van der Waals surface area contributed by atoms with Gasteiger partial charge in [0.2, 0.25) is 0 Å². The summed E-state index contributed by atoms with van der Waals surface area (Å²) >= 11 is 0. The van der Waals surface area contributed by atoms with E-state index in [1.165, 1.54) is 25.1 Å². The molecule has 0 N–H and O–H groups in total. The van der Waals surface area contributed by atoms with E-state index in [0.29, 0.717) is 0 Å². The van der Waals surface area contributed by atoms with Gasteiger partial charge in [-0.1, -0.05) is 12.1 Å². The summed E-state index contributed by atoms with van der Waals surface area (Å²) in [4.78, 5) is 11.3. The summed E-state index contributed by atoms with van der Waals surface area (Å²) < 4.78 is 47.6. The van der Waals surface area contributed by atoms with Crippen molar-refractivity contribution in [3.05, 3.63) is 29.8 Å². The van der Waals surface area contributed by atoms with E-state index in [1.807, 2.05) is 0 Å². The smallest absolute Gasteiger partial charge is 0.419 e. The zero-order chi connectivity index (χ0) is 13.8. The topological polar surface area (TPSA) is 35.5 Å². The van der Waals surface area contributed by atoms with Gasteiger partial charge < -0.3 is 9.47 Å². The van der Waals surface area contributed by atoms with Crippen molar-refractivity contribution >= 4 is 5.97 Å². The maximum Gasteiger partial charge on any atom is 0.419 e. The van der Waals surface area contributed by atoms with E-state index >= 15 is 0 Å². The molecule has 3 nitrogen and oxygen atoms in total. The van der Waals surface area contributed by atoms with E-state index in [0.717, 1.165) is 6.07 Å². The fourth-order valence-electron chi connectivity index (χ4n) is 1.30. The van der Waals surface area contributed by atoms with Gasteiger partial charge in [-0.25, -0.2) is 4.79 Å². The Morgan fingerprint density at radius 1 is 1.33 bits per heavy atom. The standard InChI is InChI=1S/C12H13F3O3/c1-3-17-11(16)8(2)18-10-7-5-4-6-9(10)12(13,14)15/h4-8H,3H2,1-2H3. The molecule has 1 unspecified atom stereocenters. The van der Waals surface area contributed by atoms with Gasteiger partial charge in [0.15, 0.2) is 6.10 Å². The predicted molar refractivity (Wildman–Crippen MR) is 58.2 cm³/mol. The quantitative estimate of drug-likeness (QED) is 0.782. The molecule has 0 saturated heterocycles. The molecule has 0 spiro atoms. The Morgan fingerprint density at radius 2 is 1.94 bits per heavy atom. The lowest BCUT2D eigenvalue weighted by Crippen LogP contribution is -2.27. The van der Waals surface area contributed by atoms with Gasteiger partial charge in [-0.2, -0.15) is 13.2 Å². The zero-order valence-electron chi connectivity index (χ0n) is 9.95. The fraction of sp³-hybridized carbons (Fsp3) is 0.417. The number of alkyl halides is 3. The molecule has 0 heterocycles. The lowest BCUT2D eigenvalue weighted by atomic mass is 10.2. The molecular formula is C12H13F3O3. The van der Waals surface area contributed by atoms with Crippen molar-refractivity contribution in [1.29, 1.82) is 0 Å². The van der Waals surface area contributed by atoms with Gasteiger partial charge in [0, 0.05) is 0 Å². The minimum absolute atomic E-state index is 0.146. The highest BCUT2D eigenvalue weighted by Gasteiger charge is 2.34. The lowest BCUT2D eigenvalue weighted by Gasteiger charge is -2.17. The van der Waals surface area contributed by atoms with Crippen LogP contribution in [0, 0.1) is 0 Å². The monoisotopic (exact) mass is 262 g/mol. The molecule has 1 atom stereocenters. The molecule has 0 aliphatic heterocycles. The number of hydrogen-bond donors (Lipinski definition) is 0. The van der Waals surface area contributed by atoms with Gasteiger partial charge in [0.05, 0.1) is 12.2 Å². The maximum absolute atomic E-state index is 12.7. The molecule has 0 aliphatic rings. The van der Waals surface area contributed by atoms with E-state index in [4.69, 9.17) is 4.74 Å². The van der Waals surface area contributed by atoms with Gasteiger partial charge in [0.25, 0.3) is 0 Å². The molecule has 0 saturated carbocycles. The molecule has 18 heavy (non-hydrogen) atoms. The van der Waals surface area contributed by atoms with Crippen molar-refractivity contribution < 1.29 is 27.4 Å². The maximum atomic E-state index is 12.7. The highest BCUT2D eigenvalue weighted by atomic mass is 19.4. The van der Waals surface area contributed by atoms with Crippen molar-refractivity contribution in [3.8, 4) is 5.75 Å². The number of ether oxygens (including phenoxy) is 2. The van der Waals surface area contributed by atoms with Crippen LogP contribution in [0.1, 0.15) is 19.4 Å². The number of carbonyl (C=O) groups is 1. The second kappa shape index (κ2) is 5.75. The predicted octanol–water partition coefficient (Wildman–Crippen LogP) is 3.04. The SMILES string of the molecule is CCOC(=O)C(C)Oc1ccccc1C(F)(F)F. The molecule has 100 valence electrons. The second-order valence-corrected chi connectivity index (χ2v) is 3.51. The molecule has 1 rings (SSSR count). The van der Waals surface area contributed by atoms with Crippen LogP contribution >= 0.6 is 0 Å². The molecule has 0 bridgehead atoms. The van der Waals surface area contributed by atoms with Crippen LogP contribution in [0.3, 0.4) is 0 Å². The first-order valence-corrected chi connectivity index (χ1v) is 5.35. The minimum Gasteiger partial charge on any atom is -0.478 e. The average molecular weight is 262 g/mol. The number of carbonyl (C=O) groups excluding carboxylic acids is 1. The van der Waals surface area contributed by atoms with Crippen molar-refractivity contribution in [3.63, 3.8) is 0 Å². The van der Waals surface area contributed by atoms with E-state index in [2.05, 4.69) is 4.74 Å². The van der Waals surface area contributed by atoms with Crippen LogP contribution in [0.4, 0.5) is 13.2 Å². The Labute approximate surface area is 103 Å². The number of rotatable bonds is 4. The molecule has 1 aromatic rings. The summed E-state index contributed by atoms with van der Waals surface area (Å²) in [5.74, 6) is -1.08. The van der Waals surface area contributed by atoms with Crippen LogP contribution in [-0.4, -0.2) is 18.7 Å². The number of esters is 1. The van der Waals surface area contributed by atoms with Crippen LogP contribution in [0.15, 0.2) is 24.3 Å². The van der Waals surface area contributed by atoms with Gasteiger partial charge >= 0.3 is 12.1 Å². The van der Waals surface area contributed by atoms with Crippen molar-refractivity contribution in [2.45, 2.75) is 26.1 Å². The number of para-hydroxylation sites is 1. The Bertz CT molecular complexity index is 415. The summed E-state index contributed by atoms with van der Waals surface area (Å²) in [6.07, 6.45) is -5.61. The third kappa shape index (κ3) is 3.65. The molecule has 0 aromatic heterocycles. The van der Waals surface area contributed by atoms with Crippen molar-refractivity contribution in [2.24, 2.45) is 0 Å². The Balaban J connectivity index is 2.88. The molecule has 0 radical (unpaired) electrons. The van der Waals surface area contributed by atoms with Crippen LogP contribution in [-0.2, 0) is 15.7 Å². The van der Waals surface area contributed by atoms with E-state index < -0.39 is 23.8 Å². The van der Waals surface area contributed by atoms with Crippen molar-refractivity contribution in [1.82, 2.24) is 0 Å². The summed E-state index contributed by atoms with van der Waals surface area (Å²) in [7, 11) is 0. The van der Waals surface area contributed by atoms with Crippen LogP contribution < -0.4 is 4.74 Å². The fourth-order valence-corrected chi connectivity index (χ4v) is 1.30. The zero-order valence-corrected chi connectivity index (χ0v) is 9.95. The first-order chi connectivity index (χ1) is 8.36. The Hall–Kier alpha value is -1.72. The molecule has 0 aliphatic carbocycles.